The zero-order valence-corrected chi connectivity index (χ0v) is 9.86. The smallest absolute Gasteiger partial charge is 0.373 e. The highest BCUT2D eigenvalue weighted by atomic mass is 16.5. The van der Waals surface area contributed by atoms with Gasteiger partial charge >= 0.3 is 5.97 Å². The second-order valence-electron chi connectivity index (χ2n) is 3.72. The summed E-state index contributed by atoms with van der Waals surface area (Å²) in [7, 11) is 1.27. The number of carbonyl (C=O) groups is 2. The quantitative estimate of drug-likeness (QED) is 0.727. The molecule has 1 aromatic heterocycles. The molecule has 0 aromatic carbocycles. The van der Waals surface area contributed by atoms with Gasteiger partial charge in [0.15, 0.2) is 0 Å². The number of nitrogens with two attached hydrogens (primary N) is 1. The molecule has 1 heterocycles. The van der Waals surface area contributed by atoms with Gasteiger partial charge in [0.2, 0.25) is 11.7 Å². The van der Waals surface area contributed by atoms with Crippen molar-refractivity contribution < 1.29 is 18.7 Å². The normalized spacial score (nSPS) is 11.9. The highest BCUT2D eigenvalue weighted by molar-refractivity contribution is 5.86. The summed E-state index contributed by atoms with van der Waals surface area (Å²) in [6.07, 6.45) is 0.255. The van der Waals surface area contributed by atoms with Crippen LogP contribution < -0.4 is 11.1 Å². The standard InChI is InChI=1S/C11H16N2O4/c1-7(12)5-10(14)13-6-8-3-4-9(17-8)11(15)16-2/h3-4,7H,5-6,12H2,1-2H3,(H,13,14). The van der Waals surface area contributed by atoms with Crippen molar-refractivity contribution in [3.63, 3.8) is 0 Å². The monoisotopic (exact) mass is 240 g/mol. The number of furan rings is 1. The van der Waals surface area contributed by atoms with E-state index in [9.17, 15) is 9.59 Å². The fourth-order valence-electron chi connectivity index (χ4n) is 1.23. The van der Waals surface area contributed by atoms with Crippen LogP contribution in [0.15, 0.2) is 16.5 Å². The maximum absolute atomic E-state index is 11.3. The summed E-state index contributed by atoms with van der Waals surface area (Å²) in [6.45, 7) is 1.98. The molecule has 0 radical (unpaired) electrons. The molecule has 0 bridgehead atoms. The summed E-state index contributed by atoms with van der Waals surface area (Å²) in [5, 5.41) is 2.64. The van der Waals surface area contributed by atoms with Crippen molar-refractivity contribution in [2.45, 2.75) is 25.9 Å². The van der Waals surface area contributed by atoms with E-state index in [-0.39, 0.29) is 30.7 Å². The molecule has 1 aromatic rings. The van der Waals surface area contributed by atoms with Crippen LogP contribution in [0, 0.1) is 0 Å². The SMILES string of the molecule is COC(=O)c1ccc(CNC(=O)CC(C)N)o1. The van der Waals surface area contributed by atoms with Gasteiger partial charge in [-0.2, -0.15) is 0 Å². The first kappa shape index (κ1) is 13.2. The summed E-state index contributed by atoms with van der Waals surface area (Å²) in [4.78, 5) is 22.4. The summed E-state index contributed by atoms with van der Waals surface area (Å²) < 4.78 is 9.66. The molecule has 6 heteroatoms. The number of esters is 1. The molecule has 1 atom stereocenters. The van der Waals surface area contributed by atoms with Gasteiger partial charge in [-0.3, -0.25) is 4.79 Å². The Morgan fingerprint density at radius 1 is 1.53 bits per heavy atom. The molecule has 0 aliphatic rings. The molecule has 0 aliphatic heterocycles. The highest BCUT2D eigenvalue weighted by Gasteiger charge is 2.11. The van der Waals surface area contributed by atoms with Gasteiger partial charge in [0, 0.05) is 12.5 Å². The maximum atomic E-state index is 11.3. The van der Waals surface area contributed by atoms with E-state index < -0.39 is 5.97 Å². The van der Waals surface area contributed by atoms with Crippen LogP contribution in [-0.4, -0.2) is 25.0 Å². The molecule has 1 rings (SSSR count). The highest BCUT2D eigenvalue weighted by Crippen LogP contribution is 2.08. The van der Waals surface area contributed by atoms with Crippen LogP contribution in [0.5, 0.6) is 0 Å². The predicted octanol–water partition coefficient (Wildman–Crippen LogP) is 0.420. The second kappa shape index (κ2) is 6.05. The van der Waals surface area contributed by atoms with Crippen molar-refractivity contribution in [2.75, 3.05) is 7.11 Å². The van der Waals surface area contributed by atoms with Gasteiger partial charge in [0.25, 0.3) is 0 Å². The first-order valence-electron chi connectivity index (χ1n) is 5.22. The number of hydrogen-bond acceptors (Lipinski definition) is 5. The zero-order valence-electron chi connectivity index (χ0n) is 9.86. The number of rotatable bonds is 5. The number of nitrogens with one attached hydrogen (secondary N) is 1. The number of methoxy groups -OCH3 is 1. The van der Waals surface area contributed by atoms with Crippen molar-refractivity contribution >= 4 is 11.9 Å². The van der Waals surface area contributed by atoms with E-state index in [1.807, 2.05) is 0 Å². The van der Waals surface area contributed by atoms with E-state index in [1.54, 1.807) is 13.0 Å². The lowest BCUT2D eigenvalue weighted by Gasteiger charge is -2.05. The molecule has 0 spiro atoms. The lowest BCUT2D eigenvalue weighted by Crippen LogP contribution is -2.29. The van der Waals surface area contributed by atoms with E-state index in [0.717, 1.165) is 0 Å². The fraction of sp³-hybridized carbons (Fsp3) is 0.455. The largest absolute Gasteiger partial charge is 0.463 e. The number of ether oxygens (including phenoxy) is 1. The minimum Gasteiger partial charge on any atom is -0.463 e. The number of hydrogen-bond donors (Lipinski definition) is 2. The van der Waals surface area contributed by atoms with Gasteiger partial charge in [0.05, 0.1) is 13.7 Å². The van der Waals surface area contributed by atoms with Crippen LogP contribution in [0.4, 0.5) is 0 Å². The van der Waals surface area contributed by atoms with Gasteiger partial charge in [0.1, 0.15) is 5.76 Å². The molecular formula is C11H16N2O4. The van der Waals surface area contributed by atoms with Crippen LogP contribution in [0.2, 0.25) is 0 Å². The Bertz CT molecular complexity index is 398. The topological polar surface area (TPSA) is 94.6 Å². The Labute approximate surface area is 99.1 Å². The Hall–Kier alpha value is -1.82. The molecule has 1 amide bonds. The molecule has 0 saturated carbocycles. The maximum Gasteiger partial charge on any atom is 0.373 e. The fourth-order valence-corrected chi connectivity index (χ4v) is 1.23. The van der Waals surface area contributed by atoms with E-state index in [4.69, 9.17) is 10.2 Å². The van der Waals surface area contributed by atoms with E-state index in [1.165, 1.54) is 13.2 Å². The second-order valence-corrected chi connectivity index (χ2v) is 3.72. The molecule has 0 saturated heterocycles. The van der Waals surface area contributed by atoms with Gasteiger partial charge in [-0.15, -0.1) is 0 Å². The minimum absolute atomic E-state index is 0.115. The molecular weight excluding hydrogens is 224 g/mol. The van der Waals surface area contributed by atoms with Gasteiger partial charge in [-0.05, 0) is 19.1 Å². The first-order chi connectivity index (χ1) is 8.02. The Balaban J connectivity index is 2.45. The third-order valence-corrected chi connectivity index (χ3v) is 2.02. The van der Waals surface area contributed by atoms with Gasteiger partial charge in [-0.1, -0.05) is 0 Å². The van der Waals surface area contributed by atoms with Crippen molar-refractivity contribution in [3.05, 3.63) is 23.7 Å². The lowest BCUT2D eigenvalue weighted by atomic mass is 10.2. The molecule has 6 nitrogen and oxygen atoms in total. The lowest BCUT2D eigenvalue weighted by molar-refractivity contribution is -0.121. The van der Waals surface area contributed by atoms with Gasteiger partial charge < -0.3 is 20.2 Å². The predicted molar refractivity (Wildman–Crippen MR) is 60.2 cm³/mol. The van der Waals surface area contributed by atoms with Gasteiger partial charge in [-0.25, -0.2) is 4.79 Å². The van der Waals surface area contributed by atoms with Crippen molar-refractivity contribution in [2.24, 2.45) is 5.73 Å². The average molecular weight is 240 g/mol. The molecule has 0 aliphatic carbocycles. The van der Waals surface area contributed by atoms with E-state index in [0.29, 0.717) is 5.76 Å². The molecule has 17 heavy (non-hydrogen) atoms. The first-order valence-corrected chi connectivity index (χ1v) is 5.22. The van der Waals surface area contributed by atoms with E-state index >= 15 is 0 Å². The van der Waals surface area contributed by atoms with Crippen molar-refractivity contribution in [1.82, 2.24) is 5.32 Å². The van der Waals surface area contributed by atoms with Crippen LogP contribution in [-0.2, 0) is 16.1 Å². The summed E-state index contributed by atoms with van der Waals surface area (Å²) in [6, 6.07) is 2.93. The van der Waals surface area contributed by atoms with E-state index in [2.05, 4.69) is 10.1 Å². The Kier molecular flexibility index (Phi) is 4.71. The van der Waals surface area contributed by atoms with Crippen molar-refractivity contribution in [1.29, 1.82) is 0 Å². The summed E-state index contributed by atoms with van der Waals surface area (Å²) in [5.74, 6) is -0.0958. The minimum atomic E-state index is -0.543. The van der Waals surface area contributed by atoms with Crippen LogP contribution in [0.1, 0.15) is 29.7 Å². The zero-order chi connectivity index (χ0) is 12.8. The average Bonchev–Trinajstić information content (AvgIpc) is 2.73. The molecule has 94 valence electrons. The molecule has 1 unspecified atom stereocenters. The summed E-state index contributed by atoms with van der Waals surface area (Å²) in [5.41, 5.74) is 5.48. The number of carbonyl (C=O) groups excluding carboxylic acids is 2. The van der Waals surface area contributed by atoms with Crippen LogP contribution in [0.25, 0.3) is 0 Å². The van der Waals surface area contributed by atoms with Crippen LogP contribution >= 0.6 is 0 Å². The Morgan fingerprint density at radius 3 is 2.82 bits per heavy atom. The Morgan fingerprint density at radius 2 is 2.24 bits per heavy atom. The molecule has 3 N–H and O–H groups in total. The third-order valence-electron chi connectivity index (χ3n) is 2.02. The van der Waals surface area contributed by atoms with Crippen LogP contribution in [0.3, 0.4) is 0 Å². The molecule has 0 fully saturated rings. The summed E-state index contributed by atoms with van der Waals surface area (Å²) >= 11 is 0. The number of amides is 1. The third kappa shape index (κ3) is 4.28. The van der Waals surface area contributed by atoms with Crippen molar-refractivity contribution in [3.8, 4) is 0 Å².